The molecule has 1 heterocycles. The minimum absolute atomic E-state index is 0.0769. The molecule has 154 valence electrons. The van der Waals surface area contributed by atoms with E-state index in [-0.39, 0.29) is 17.2 Å². The first-order chi connectivity index (χ1) is 13.5. The van der Waals surface area contributed by atoms with Crippen molar-refractivity contribution in [3.05, 3.63) is 18.2 Å². The zero-order valence-electron chi connectivity index (χ0n) is 16.8. The summed E-state index contributed by atoms with van der Waals surface area (Å²) in [5.74, 6) is 1.30. The number of amides is 2. The third kappa shape index (κ3) is 5.16. The Labute approximate surface area is 166 Å². The standard InChI is InChI=1S/C21H30N2O5/c1-26-17-11-16(12-18(13-17)27-2)22-19(24)14-21(5-3-4-6-21)15-20(25)23-7-9-28-10-8-23/h11-13H,3-10,14-15H2,1-2H3,(H,22,24). The van der Waals surface area contributed by atoms with Gasteiger partial charge in [-0.3, -0.25) is 9.59 Å². The molecule has 7 nitrogen and oxygen atoms in total. The molecule has 1 N–H and O–H groups in total. The van der Waals surface area contributed by atoms with Crippen LogP contribution in [0.1, 0.15) is 38.5 Å². The van der Waals surface area contributed by atoms with Crippen LogP contribution in [0.25, 0.3) is 0 Å². The summed E-state index contributed by atoms with van der Waals surface area (Å²) in [5.41, 5.74) is 0.386. The summed E-state index contributed by atoms with van der Waals surface area (Å²) in [4.78, 5) is 27.4. The van der Waals surface area contributed by atoms with Gasteiger partial charge >= 0.3 is 0 Å². The minimum atomic E-state index is -0.248. The molecule has 7 heteroatoms. The molecule has 0 aromatic heterocycles. The Morgan fingerprint density at radius 2 is 1.64 bits per heavy atom. The number of morpholine rings is 1. The summed E-state index contributed by atoms with van der Waals surface area (Å²) in [6.45, 7) is 2.48. The van der Waals surface area contributed by atoms with E-state index in [2.05, 4.69) is 5.32 Å². The third-order valence-corrected chi connectivity index (χ3v) is 5.72. The quantitative estimate of drug-likeness (QED) is 0.775. The highest BCUT2D eigenvalue weighted by molar-refractivity contribution is 5.92. The molecule has 1 saturated heterocycles. The molecule has 1 saturated carbocycles. The molecule has 1 aliphatic heterocycles. The Balaban J connectivity index is 1.65. The SMILES string of the molecule is COc1cc(NC(=O)CC2(CC(=O)N3CCOCC3)CCCC2)cc(OC)c1. The van der Waals surface area contributed by atoms with Crippen molar-refractivity contribution in [1.82, 2.24) is 4.90 Å². The second kappa shape index (κ2) is 9.28. The molecule has 0 bridgehead atoms. The van der Waals surface area contributed by atoms with Gasteiger partial charge in [-0.1, -0.05) is 12.8 Å². The number of benzene rings is 1. The van der Waals surface area contributed by atoms with Crippen LogP contribution in [0.15, 0.2) is 18.2 Å². The molecule has 0 spiro atoms. The molecule has 0 radical (unpaired) electrons. The lowest BCUT2D eigenvalue weighted by molar-refractivity contribution is -0.138. The Hall–Kier alpha value is -2.28. The molecule has 1 aromatic rings. The first-order valence-electron chi connectivity index (χ1n) is 9.92. The van der Waals surface area contributed by atoms with Crippen LogP contribution < -0.4 is 14.8 Å². The number of carbonyl (C=O) groups excluding carboxylic acids is 2. The smallest absolute Gasteiger partial charge is 0.224 e. The summed E-state index contributed by atoms with van der Waals surface area (Å²) in [7, 11) is 3.15. The molecule has 2 amide bonds. The van der Waals surface area contributed by atoms with Gasteiger partial charge in [-0.05, 0) is 18.3 Å². The lowest BCUT2D eigenvalue weighted by Gasteiger charge is -2.33. The van der Waals surface area contributed by atoms with E-state index in [0.29, 0.717) is 56.3 Å². The van der Waals surface area contributed by atoms with E-state index < -0.39 is 0 Å². The van der Waals surface area contributed by atoms with Gasteiger partial charge < -0.3 is 24.4 Å². The summed E-state index contributed by atoms with van der Waals surface area (Å²) >= 11 is 0. The molecule has 28 heavy (non-hydrogen) atoms. The Morgan fingerprint density at radius 3 is 2.21 bits per heavy atom. The molecular formula is C21H30N2O5. The van der Waals surface area contributed by atoms with Crippen molar-refractivity contribution in [2.75, 3.05) is 45.8 Å². The van der Waals surface area contributed by atoms with Gasteiger partial charge in [0.05, 0.1) is 27.4 Å². The number of ether oxygens (including phenoxy) is 3. The molecule has 0 unspecified atom stereocenters. The fraction of sp³-hybridized carbons (Fsp3) is 0.619. The second-order valence-corrected chi connectivity index (χ2v) is 7.70. The van der Waals surface area contributed by atoms with Crippen LogP contribution in [0.2, 0.25) is 0 Å². The van der Waals surface area contributed by atoms with Gasteiger partial charge in [0.15, 0.2) is 0 Å². The first-order valence-corrected chi connectivity index (χ1v) is 9.92. The van der Waals surface area contributed by atoms with Gasteiger partial charge in [0.2, 0.25) is 11.8 Å². The first kappa shape index (κ1) is 20.5. The molecular weight excluding hydrogens is 360 g/mol. The average Bonchev–Trinajstić information content (AvgIpc) is 3.15. The number of hydrogen-bond donors (Lipinski definition) is 1. The van der Waals surface area contributed by atoms with Crippen LogP contribution in [0.4, 0.5) is 5.69 Å². The van der Waals surface area contributed by atoms with E-state index in [1.54, 1.807) is 32.4 Å². The van der Waals surface area contributed by atoms with Crippen molar-refractivity contribution < 1.29 is 23.8 Å². The predicted molar refractivity (Wildman–Crippen MR) is 106 cm³/mol. The van der Waals surface area contributed by atoms with E-state index in [4.69, 9.17) is 14.2 Å². The van der Waals surface area contributed by atoms with Crippen molar-refractivity contribution in [3.8, 4) is 11.5 Å². The van der Waals surface area contributed by atoms with Gasteiger partial charge in [0.25, 0.3) is 0 Å². The highest BCUT2D eigenvalue weighted by atomic mass is 16.5. The Bertz CT molecular complexity index is 672. The molecule has 1 aliphatic carbocycles. The van der Waals surface area contributed by atoms with Crippen molar-refractivity contribution in [2.45, 2.75) is 38.5 Å². The van der Waals surface area contributed by atoms with E-state index >= 15 is 0 Å². The van der Waals surface area contributed by atoms with Gasteiger partial charge in [-0.25, -0.2) is 0 Å². The predicted octanol–water partition coefficient (Wildman–Crippen LogP) is 2.84. The third-order valence-electron chi connectivity index (χ3n) is 5.72. The maximum atomic E-state index is 12.8. The zero-order valence-corrected chi connectivity index (χ0v) is 16.8. The van der Waals surface area contributed by atoms with Crippen LogP contribution >= 0.6 is 0 Å². The number of rotatable bonds is 7. The van der Waals surface area contributed by atoms with Crippen LogP contribution in [-0.2, 0) is 14.3 Å². The van der Waals surface area contributed by atoms with Crippen molar-refractivity contribution in [3.63, 3.8) is 0 Å². The lowest BCUT2D eigenvalue weighted by atomic mass is 9.78. The molecule has 2 fully saturated rings. The van der Waals surface area contributed by atoms with Crippen molar-refractivity contribution in [2.24, 2.45) is 5.41 Å². The highest BCUT2D eigenvalue weighted by Crippen LogP contribution is 2.44. The maximum absolute atomic E-state index is 12.8. The average molecular weight is 390 g/mol. The maximum Gasteiger partial charge on any atom is 0.224 e. The number of methoxy groups -OCH3 is 2. The number of nitrogens with zero attached hydrogens (tertiary/aromatic N) is 1. The minimum Gasteiger partial charge on any atom is -0.497 e. The zero-order chi connectivity index (χ0) is 20.0. The van der Waals surface area contributed by atoms with E-state index in [9.17, 15) is 9.59 Å². The number of carbonyl (C=O) groups is 2. The van der Waals surface area contributed by atoms with Gasteiger partial charge in [-0.15, -0.1) is 0 Å². The monoisotopic (exact) mass is 390 g/mol. The van der Waals surface area contributed by atoms with Gasteiger partial charge in [0, 0.05) is 49.8 Å². The van der Waals surface area contributed by atoms with Crippen LogP contribution in [0.5, 0.6) is 11.5 Å². The fourth-order valence-electron chi connectivity index (χ4n) is 4.21. The molecule has 0 atom stereocenters. The Kier molecular flexibility index (Phi) is 6.78. The molecule has 1 aromatic carbocycles. The topological polar surface area (TPSA) is 77.1 Å². The van der Waals surface area contributed by atoms with E-state index in [0.717, 1.165) is 25.7 Å². The molecule has 3 rings (SSSR count). The van der Waals surface area contributed by atoms with E-state index in [1.807, 2.05) is 4.90 Å². The van der Waals surface area contributed by atoms with E-state index in [1.165, 1.54) is 0 Å². The van der Waals surface area contributed by atoms with Crippen LogP contribution in [0.3, 0.4) is 0 Å². The fourth-order valence-corrected chi connectivity index (χ4v) is 4.21. The lowest BCUT2D eigenvalue weighted by Crippen LogP contribution is -2.43. The second-order valence-electron chi connectivity index (χ2n) is 7.70. The number of hydrogen-bond acceptors (Lipinski definition) is 5. The van der Waals surface area contributed by atoms with Gasteiger partial charge in [0.1, 0.15) is 11.5 Å². The molecule has 2 aliphatic rings. The highest BCUT2D eigenvalue weighted by Gasteiger charge is 2.39. The van der Waals surface area contributed by atoms with Gasteiger partial charge in [-0.2, -0.15) is 0 Å². The Morgan fingerprint density at radius 1 is 1.04 bits per heavy atom. The summed E-state index contributed by atoms with van der Waals surface area (Å²) in [6.07, 6.45) is 4.74. The normalized spacial score (nSPS) is 18.6. The largest absolute Gasteiger partial charge is 0.497 e. The number of nitrogens with one attached hydrogen (secondary N) is 1. The summed E-state index contributed by atoms with van der Waals surface area (Å²) in [6, 6.07) is 5.29. The summed E-state index contributed by atoms with van der Waals surface area (Å²) < 4.78 is 15.9. The van der Waals surface area contributed by atoms with Crippen LogP contribution in [-0.4, -0.2) is 57.2 Å². The summed E-state index contributed by atoms with van der Waals surface area (Å²) in [5, 5.41) is 2.95. The number of anilines is 1. The van der Waals surface area contributed by atoms with Crippen molar-refractivity contribution in [1.29, 1.82) is 0 Å². The van der Waals surface area contributed by atoms with Crippen molar-refractivity contribution >= 4 is 17.5 Å². The van der Waals surface area contributed by atoms with Crippen LogP contribution in [0, 0.1) is 5.41 Å².